The quantitative estimate of drug-likeness (QED) is 0.443. The number of aromatic hydroxyl groups is 1. The molecular weight excluding hydrogens is 353 g/mol. The summed E-state index contributed by atoms with van der Waals surface area (Å²) in [6, 6.07) is 16.5. The van der Waals surface area contributed by atoms with Gasteiger partial charge in [-0.25, -0.2) is 4.99 Å². The molecule has 0 aliphatic rings. The van der Waals surface area contributed by atoms with E-state index in [1.807, 2.05) is 42.5 Å². The summed E-state index contributed by atoms with van der Waals surface area (Å²) in [6.07, 6.45) is 0. The molecule has 0 aliphatic heterocycles. The molecule has 0 saturated heterocycles. The number of phenols is 1. The molecular formula is C14H16IN3O. The Morgan fingerprint density at radius 3 is 2.32 bits per heavy atom. The number of benzene rings is 2. The van der Waals surface area contributed by atoms with Crippen LogP contribution < -0.4 is 11.1 Å². The Kier molecular flexibility index (Phi) is 6.14. The van der Waals surface area contributed by atoms with E-state index in [2.05, 4.69) is 10.3 Å². The summed E-state index contributed by atoms with van der Waals surface area (Å²) in [5.41, 5.74) is 7.67. The number of hydrogen-bond donors (Lipinski definition) is 3. The number of para-hydroxylation sites is 1. The van der Waals surface area contributed by atoms with Gasteiger partial charge in [0, 0.05) is 5.69 Å². The average molecular weight is 369 g/mol. The van der Waals surface area contributed by atoms with Crippen molar-refractivity contribution >= 4 is 35.6 Å². The molecule has 100 valence electrons. The van der Waals surface area contributed by atoms with Crippen LogP contribution in [0.1, 0.15) is 5.56 Å². The van der Waals surface area contributed by atoms with Crippen LogP contribution in [0.3, 0.4) is 0 Å². The molecule has 2 aromatic carbocycles. The molecule has 0 amide bonds. The minimum atomic E-state index is 0. The maximum atomic E-state index is 9.16. The van der Waals surface area contributed by atoms with Crippen molar-refractivity contribution in [3.05, 3.63) is 60.2 Å². The first kappa shape index (κ1) is 15.3. The number of nitrogens with one attached hydrogen (secondary N) is 1. The van der Waals surface area contributed by atoms with Crippen molar-refractivity contribution in [3.8, 4) is 5.75 Å². The Morgan fingerprint density at radius 2 is 1.68 bits per heavy atom. The number of anilines is 1. The van der Waals surface area contributed by atoms with Crippen LogP contribution in [-0.2, 0) is 6.54 Å². The van der Waals surface area contributed by atoms with E-state index < -0.39 is 0 Å². The second-order valence-corrected chi connectivity index (χ2v) is 3.86. The van der Waals surface area contributed by atoms with Crippen molar-refractivity contribution < 1.29 is 5.11 Å². The van der Waals surface area contributed by atoms with Gasteiger partial charge in [0.25, 0.3) is 0 Å². The molecule has 0 aliphatic carbocycles. The van der Waals surface area contributed by atoms with Gasteiger partial charge in [0.2, 0.25) is 0 Å². The molecule has 0 saturated carbocycles. The third kappa shape index (κ3) is 5.17. The Labute approximate surface area is 129 Å². The van der Waals surface area contributed by atoms with Crippen LogP contribution in [0.4, 0.5) is 5.69 Å². The lowest BCUT2D eigenvalue weighted by molar-refractivity contribution is 0.475. The summed E-state index contributed by atoms with van der Waals surface area (Å²) < 4.78 is 0. The highest BCUT2D eigenvalue weighted by atomic mass is 127. The number of nitrogens with two attached hydrogens (primary N) is 1. The Balaban J connectivity index is 0.00000180. The minimum Gasteiger partial charge on any atom is -0.508 e. The second-order valence-electron chi connectivity index (χ2n) is 3.86. The molecule has 4 N–H and O–H groups in total. The van der Waals surface area contributed by atoms with E-state index in [0.717, 1.165) is 11.3 Å². The van der Waals surface area contributed by atoms with Crippen LogP contribution in [-0.4, -0.2) is 11.1 Å². The first-order chi connectivity index (χ1) is 8.74. The average Bonchev–Trinajstić information content (AvgIpc) is 2.39. The lowest BCUT2D eigenvalue weighted by Gasteiger charge is -2.05. The minimum absolute atomic E-state index is 0. The van der Waals surface area contributed by atoms with E-state index in [4.69, 9.17) is 10.8 Å². The standard InChI is InChI=1S/C14H15N3O.HI/c15-14(17-12-4-2-1-3-5-12)16-10-11-6-8-13(18)9-7-11;/h1-9,18H,10H2,(H3,15,16,17);1H. The summed E-state index contributed by atoms with van der Waals surface area (Å²) >= 11 is 0. The third-order valence-corrected chi connectivity index (χ3v) is 2.41. The highest BCUT2D eigenvalue weighted by Crippen LogP contribution is 2.10. The van der Waals surface area contributed by atoms with Crippen LogP contribution in [0.25, 0.3) is 0 Å². The van der Waals surface area contributed by atoms with Gasteiger partial charge in [-0.2, -0.15) is 0 Å². The van der Waals surface area contributed by atoms with Crippen LogP contribution in [0.2, 0.25) is 0 Å². The smallest absolute Gasteiger partial charge is 0.193 e. The number of rotatable bonds is 3. The fraction of sp³-hybridized carbons (Fsp3) is 0.0714. The zero-order valence-electron chi connectivity index (χ0n) is 10.3. The van der Waals surface area contributed by atoms with Gasteiger partial charge in [-0.05, 0) is 29.8 Å². The number of guanidine groups is 1. The number of halogens is 1. The number of phenolic OH excluding ortho intramolecular Hbond substituents is 1. The molecule has 2 rings (SSSR count). The summed E-state index contributed by atoms with van der Waals surface area (Å²) in [7, 11) is 0. The van der Waals surface area contributed by atoms with E-state index >= 15 is 0 Å². The van der Waals surface area contributed by atoms with Gasteiger partial charge in [-0.3, -0.25) is 0 Å². The molecule has 19 heavy (non-hydrogen) atoms. The number of nitrogens with zero attached hydrogens (tertiary/aromatic N) is 1. The molecule has 0 heterocycles. The molecule has 0 atom stereocenters. The fourth-order valence-corrected chi connectivity index (χ4v) is 1.49. The lowest BCUT2D eigenvalue weighted by Crippen LogP contribution is -2.22. The van der Waals surface area contributed by atoms with Gasteiger partial charge >= 0.3 is 0 Å². The molecule has 0 radical (unpaired) electrons. The monoisotopic (exact) mass is 369 g/mol. The van der Waals surface area contributed by atoms with Gasteiger partial charge in [0.15, 0.2) is 5.96 Å². The van der Waals surface area contributed by atoms with Crippen LogP contribution in [0.15, 0.2) is 59.6 Å². The molecule has 0 unspecified atom stereocenters. The van der Waals surface area contributed by atoms with Gasteiger partial charge in [0.1, 0.15) is 5.75 Å². The summed E-state index contributed by atoms with van der Waals surface area (Å²) in [4.78, 5) is 4.22. The predicted octanol–water partition coefficient (Wildman–Crippen LogP) is 2.94. The lowest BCUT2D eigenvalue weighted by atomic mass is 10.2. The van der Waals surface area contributed by atoms with Crippen molar-refractivity contribution in [2.45, 2.75) is 6.54 Å². The Bertz CT molecular complexity index is 526. The number of aliphatic imine (C=N–C) groups is 1. The Hall–Kier alpha value is -1.76. The topological polar surface area (TPSA) is 70.6 Å². The SMILES string of the molecule is I.NC(=NCc1ccc(O)cc1)Nc1ccccc1. The molecule has 4 nitrogen and oxygen atoms in total. The van der Waals surface area contributed by atoms with Crippen molar-refractivity contribution in [2.75, 3.05) is 5.32 Å². The zero-order chi connectivity index (χ0) is 12.8. The molecule has 5 heteroatoms. The van der Waals surface area contributed by atoms with Gasteiger partial charge in [-0.15, -0.1) is 24.0 Å². The third-order valence-electron chi connectivity index (χ3n) is 2.41. The van der Waals surface area contributed by atoms with E-state index in [0.29, 0.717) is 12.5 Å². The normalized spacial score (nSPS) is 10.6. The summed E-state index contributed by atoms with van der Waals surface area (Å²) in [6.45, 7) is 0.478. The largest absolute Gasteiger partial charge is 0.508 e. The van der Waals surface area contributed by atoms with Gasteiger partial charge in [0.05, 0.1) is 6.54 Å². The molecule has 0 spiro atoms. The second kappa shape index (κ2) is 7.63. The fourth-order valence-electron chi connectivity index (χ4n) is 1.49. The molecule has 2 aromatic rings. The van der Waals surface area contributed by atoms with E-state index in [-0.39, 0.29) is 29.7 Å². The van der Waals surface area contributed by atoms with Crippen molar-refractivity contribution in [3.63, 3.8) is 0 Å². The first-order valence-corrected chi connectivity index (χ1v) is 5.64. The highest BCUT2D eigenvalue weighted by molar-refractivity contribution is 14.0. The highest BCUT2D eigenvalue weighted by Gasteiger charge is 1.95. The maximum absolute atomic E-state index is 9.16. The summed E-state index contributed by atoms with van der Waals surface area (Å²) in [5, 5.41) is 12.2. The van der Waals surface area contributed by atoms with E-state index in [1.54, 1.807) is 12.1 Å². The van der Waals surface area contributed by atoms with Crippen molar-refractivity contribution in [1.29, 1.82) is 0 Å². The summed E-state index contributed by atoms with van der Waals surface area (Å²) in [5.74, 6) is 0.618. The van der Waals surface area contributed by atoms with Crippen LogP contribution >= 0.6 is 24.0 Å². The van der Waals surface area contributed by atoms with Crippen molar-refractivity contribution in [1.82, 2.24) is 0 Å². The maximum Gasteiger partial charge on any atom is 0.193 e. The molecule has 0 bridgehead atoms. The Morgan fingerprint density at radius 1 is 1.05 bits per heavy atom. The first-order valence-electron chi connectivity index (χ1n) is 5.64. The molecule has 0 fully saturated rings. The predicted molar refractivity (Wildman–Crippen MR) is 88.9 cm³/mol. The molecule has 0 aromatic heterocycles. The van der Waals surface area contributed by atoms with Crippen molar-refractivity contribution in [2.24, 2.45) is 10.7 Å². The van der Waals surface area contributed by atoms with Crippen LogP contribution in [0.5, 0.6) is 5.75 Å². The van der Waals surface area contributed by atoms with Crippen LogP contribution in [0, 0.1) is 0 Å². The van der Waals surface area contributed by atoms with Gasteiger partial charge in [-0.1, -0.05) is 30.3 Å². The van der Waals surface area contributed by atoms with Gasteiger partial charge < -0.3 is 16.2 Å². The van der Waals surface area contributed by atoms with E-state index in [1.165, 1.54) is 0 Å². The number of hydrogen-bond acceptors (Lipinski definition) is 2. The van der Waals surface area contributed by atoms with E-state index in [9.17, 15) is 0 Å². The zero-order valence-corrected chi connectivity index (χ0v) is 12.6.